The van der Waals surface area contributed by atoms with Crippen LogP contribution in [-0.2, 0) is 0 Å². The molecule has 7 nitrogen and oxygen atoms in total. The number of nitrogens with zero attached hydrogens (tertiary/aromatic N) is 5. The van der Waals surface area contributed by atoms with E-state index in [1.807, 2.05) is 24.3 Å². The molecule has 0 bridgehead atoms. The maximum absolute atomic E-state index is 5.45. The fourth-order valence-corrected chi connectivity index (χ4v) is 3.00. The van der Waals surface area contributed by atoms with E-state index in [1.165, 1.54) is 6.33 Å². The number of hydrogen-bond donors (Lipinski definition) is 0. The Bertz CT molecular complexity index is 855. The van der Waals surface area contributed by atoms with Crippen molar-refractivity contribution in [3.63, 3.8) is 0 Å². The van der Waals surface area contributed by atoms with E-state index < -0.39 is 0 Å². The molecule has 7 heteroatoms. The SMILES string of the molecule is COc1cccc(-c2noc3ncnc(N4CCN(C)CC4)c23)c1. The van der Waals surface area contributed by atoms with Crippen LogP contribution in [0.25, 0.3) is 22.4 Å². The lowest BCUT2D eigenvalue weighted by Crippen LogP contribution is -2.44. The molecule has 124 valence electrons. The van der Waals surface area contributed by atoms with Crippen LogP contribution < -0.4 is 9.64 Å². The molecule has 0 radical (unpaired) electrons. The quantitative estimate of drug-likeness (QED) is 0.730. The number of hydrogen-bond acceptors (Lipinski definition) is 7. The zero-order chi connectivity index (χ0) is 16.5. The summed E-state index contributed by atoms with van der Waals surface area (Å²) in [7, 11) is 3.78. The van der Waals surface area contributed by atoms with Crippen LogP contribution in [0.4, 0.5) is 5.82 Å². The Morgan fingerprint density at radius 3 is 2.75 bits per heavy atom. The zero-order valence-electron chi connectivity index (χ0n) is 13.8. The third-order valence-electron chi connectivity index (χ3n) is 4.40. The predicted octanol–water partition coefficient (Wildman–Crippen LogP) is 2.05. The Balaban J connectivity index is 1.82. The van der Waals surface area contributed by atoms with Gasteiger partial charge in [-0.25, -0.2) is 4.98 Å². The van der Waals surface area contributed by atoms with Crippen molar-refractivity contribution in [1.29, 1.82) is 0 Å². The number of fused-ring (bicyclic) bond motifs is 1. The van der Waals surface area contributed by atoms with Gasteiger partial charge in [-0.3, -0.25) is 0 Å². The lowest BCUT2D eigenvalue weighted by atomic mass is 10.1. The van der Waals surface area contributed by atoms with Gasteiger partial charge in [-0.1, -0.05) is 17.3 Å². The number of methoxy groups -OCH3 is 1. The van der Waals surface area contributed by atoms with Crippen LogP contribution in [0.1, 0.15) is 0 Å². The molecule has 0 N–H and O–H groups in total. The van der Waals surface area contributed by atoms with Crippen LogP contribution >= 0.6 is 0 Å². The molecule has 1 saturated heterocycles. The molecule has 3 heterocycles. The Hall–Kier alpha value is -2.67. The maximum atomic E-state index is 5.45. The van der Waals surface area contributed by atoms with Crippen LogP contribution in [-0.4, -0.2) is 60.4 Å². The molecular formula is C17H19N5O2. The van der Waals surface area contributed by atoms with E-state index in [-0.39, 0.29) is 0 Å². The minimum absolute atomic E-state index is 0.511. The molecule has 0 unspecified atom stereocenters. The summed E-state index contributed by atoms with van der Waals surface area (Å²) in [5.74, 6) is 1.66. The summed E-state index contributed by atoms with van der Waals surface area (Å²) in [5, 5.41) is 5.10. The molecule has 0 spiro atoms. The first-order valence-electron chi connectivity index (χ1n) is 7.94. The maximum Gasteiger partial charge on any atom is 0.263 e. The van der Waals surface area contributed by atoms with Gasteiger partial charge in [0.1, 0.15) is 29.0 Å². The summed E-state index contributed by atoms with van der Waals surface area (Å²) in [6.45, 7) is 3.85. The van der Waals surface area contributed by atoms with Crippen molar-refractivity contribution in [2.24, 2.45) is 0 Å². The van der Waals surface area contributed by atoms with Crippen LogP contribution in [0, 0.1) is 0 Å². The number of piperazine rings is 1. The summed E-state index contributed by atoms with van der Waals surface area (Å²) in [4.78, 5) is 13.3. The fraction of sp³-hybridized carbons (Fsp3) is 0.353. The molecule has 0 aliphatic carbocycles. The summed E-state index contributed by atoms with van der Waals surface area (Å²) in [6, 6.07) is 7.77. The first kappa shape index (κ1) is 14.9. The van der Waals surface area contributed by atoms with Gasteiger partial charge in [0.15, 0.2) is 0 Å². The topological polar surface area (TPSA) is 67.5 Å². The van der Waals surface area contributed by atoms with Crippen molar-refractivity contribution in [3.8, 4) is 17.0 Å². The highest BCUT2D eigenvalue weighted by molar-refractivity contribution is 5.98. The second kappa shape index (κ2) is 6.09. The van der Waals surface area contributed by atoms with Crippen molar-refractivity contribution >= 4 is 16.9 Å². The van der Waals surface area contributed by atoms with Gasteiger partial charge in [-0.2, -0.15) is 4.98 Å². The molecule has 2 aromatic heterocycles. The molecule has 0 atom stereocenters. The third kappa shape index (κ3) is 2.56. The normalized spacial score (nSPS) is 15.8. The van der Waals surface area contributed by atoms with Crippen LogP contribution in [0.15, 0.2) is 35.1 Å². The molecule has 4 rings (SSSR count). The Morgan fingerprint density at radius 2 is 1.96 bits per heavy atom. The van der Waals surface area contributed by atoms with Gasteiger partial charge in [0.2, 0.25) is 0 Å². The lowest BCUT2D eigenvalue weighted by molar-refractivity contribution is 0.312. The van der Waals surface area contributed by atoms with Crippen molar-refractivity contribution < 1.29 is 9.26 Å². The monoisotopic (exact) mass is 325 g/mol. The van der Waals surface area contributed by atoms with Gasteiger partial charge < -0.3 is 19.1 Å². The number of anilines is 1. The molecular weight excluding hydrogens is 306 g/mol. The summed E-state index contributed by atoms with van der Waals surface area (Å²) >= 11 is 0. The van der Waals surface area contributed by atoms with Crippen molar-refractivity contribution in [2.75, 3.05) is 45.2 Å². The Morgan fingerprint density at radius 1 is 1.12 bits per heavy atom. The van der Waals surface area contributed by atoms with E-state index in [0.717, 1.165) is 54.4 Å². The standard InChI is InChI=1S/C17H19N5O2/c1-21-6-8-22(9-7-21)16-14-15(20-24-17(14)19-11-18-16)12-4-3-5-13(10-12)23-2/h3-5,10-11H,6-9H2,1-2H3. The first-order valence-corrected chi connectivity index (χ1v) is 7.94. The summed E-state index contributed by atoms with van der Waals surface area (Å²) in [6.07, 6.45) is 1.54. The molecule has 0 amide bonds. The van der Waals surface area contributed by atoms with Gasteiger partial charge in [-0.15, -0.1) is 0 Å². The van der Waals surface area contributed by atoms with Crippen LogP contribution in [0.2, 0.25) is 0 Å². The van der Waals surface area contributed by atoms with E-state index in [9.17, 15) is 0 Å². The molecule has 0 saturated carbocycles. The molecule has 1 aromatic carbocycles. The van der Waals surface area contributed by atoms with E-state index in [0.29, 0.717) is 5.71 Å². The molecule has 1 aliphatic rings. The number of likely N-dealkylation sites (N-methyl/N-ethyl adjacent to an activating group) is 1. The average Bonchev–Trinajstić information content (AvgIpc) is 3.07. The van der Waals surface area contributed by atoms with Crippen LogP contribution in [0.5, 0.6) is 5.75 Å². The smallest absolute Gasteiger partial charge is 0.263 e. The van der Waals surface area contributed by atoms with E-state index in [2.05, 4.69) is 32.0 Å². The highest BCUT2D eigenvalue weighted by atomic mass is 16.5. The lowest BCUT2D eigenvalue weighted by Gasteiger charge is -2.33. The minimum atomic E-state index is 0.511. The second-order valence-electron chi connectivity index (χ2n) is 5.93. The van der Waals surface area contributed by atoms with Crippen LogP contribution in [0.3, 0.4) is 0 Å². The molecule has 3 aromatic rings. The number of aromatic nitrogens is 3. The molecule has 1 aliphatic heterocycles. The summed E-state index contributed by atoms with van der Waals surface area (Å²) in [5.41, 5.74) is 2.19. The minimum Gasteiger partial charge on any atom is -0.497 e. The Labute approximate surface area is 139 Å². The second-order valence-corrected chi connectivity index (χ2v) is 5.93. The number of rotatable bonds is 3. The highest BCUT2D eigenvalue weighted by Gasteiger charge is 2.23. The Kier molecular flexibility index (Phi) is 3.78. The number of ether oxygens (including phenoxy) is 1. The first-order chi connectivity index (χ1) is 11.8. The van der Waals surface area contributed by atoms with E-state index >= 15 is 0 Å². The van der Waals surface area contributed by atoms with E-state index in [1.54, 1.807) is 7.11 Å². The van der Waals surface area contributed by atoms with Gasteiger partial charge >= 0.3 is 0 Å². The third-order valence-corrected chi connectivity index (χ3v) is 4.40. The van der Waals surface area contributed by atoms with Crippen molar-refractivity contribution in [3.05, 3.63) is 30.6 Å². The van der Waals surface area contributed by atoms with Gasteiger partial charge in [0.25, 0.3) is 5.71 Å². The average molecular weight is 325 g/mol. The molecule has 24 heavy (non-hydrogen) atoms. The fourth-order valence-electron chi connectivity index (χ4n) is 3.00. The zero-order valence-corrected chi connectivity index (χ0v) is 13.8. The van der Waals surface area contributed by atoms with Crippen molar-refractivity contribution in [2.45, 2.75) is 0 Å². The molecule has 1 fully saturated rings. The predicted molar refractivity (Wildman–Crippen MR) is 91.3 cm³/mol. The highest BCUT2D eigenvalue weighted by Crippen LogP contribution is 2.34. The van der Waals surface area contributed by atoms with Gasteiger partial charge in [-0.05, 0) is 19.2 Å². The van der Waals surface area contributed by atoms with Gasteiger partial charge in [0, 0.05) is 31.7 Å². The largest absolute Gasteiger partial charge is 0.497 e. The van der Waals surface area contributed by atoms with Crippen molar-refractivity contribution in [1.82, 2.24) is 20.0 Å². The number of benzene rings is 1. The van der Waals surface area contributed by atoms with Gasteiger partial charge in [0.05, 0.1) is 7.11 Å². The van der Waals surface area contributed by atoms with E-state index in [4.69, 9.17) is 9.26 Å². The summed E-state index contributed by atoms with van der Waals surface area (Å²) < 4.78 is 10.8.